The van der Waals surface area contributed by atoms with Crippen LogP contribution < -0.4 is 9.47 Å². The number of aryl methyl sites for hydroxylation is 2. The van der Waals surface area contributed by atoms with Gasteiger partial charge in [0.2, 0.25) is 0 Å². The predicted octanol–water partition coefficient (Wildman–Crippen LogP) is 6.04. The Labute approximate surface area is 160 Å². The Hall–Kier alpha value is -2.74. The molecule has 0 radical (unpaired) electrons. The van der Waals surface area contributed by atoms with E-state index in [0.717, 1.165) is 11.5 Å². The maximum atomic E-state index is 6.07. The summed E-state index contributed by atoms with van der Waals surface area (Å²) in [6.07, 6.45) is 0.393. The number of ether oxygens (including phenoxy) is 2. The molecule has 0 amide bonds. The van der Waals surface area contributed by atoms with Crippen molar-refractivity contribution in [1.82, 2.24) is 0 Å². The zero-order valence-electron chi connectivity index (χ0n) is 16.0. The van der Waals surface area contributed by atoms with Gasteiger partial charge in [-0.05, 0) is 53.8 Å². The van der Waals surface area contributed by atoms with Crippen LogP contribution in [0.1, 0.15) is 35.1 Å². The summed E-state index contributed by atoms with van der Waals surface area (Å²) in [5.74, 6) is 3.14. The lowest BCUT2D eigenvalue weighted by Gasteiger charge is -2.13. The molecule has 2 nitrogen and oxygen atoms in total. The molecule has 1 heterocycles. The fourth-order valence-corrected chi connectivity index (χ4v) is 4.45. The summed E-state index contributed by atoms with van der Waals surface area (Å²) in [6.45, 7) is 7.15. The van der Waals surface area contributed by atoms with Gasteiger partial charge in [0.25, 0.3) is 0 Å². The van der Waals surface area contributed by atoms with Gasteiger partial charge < -0.3 is 9.47 Å². The van der Waals surface area contributed by atoms with Gasteiger partial charge in [-0.15, -0.1) is 0 Å². The van der Waals surface area contributed by atoms with Gasteiger partial charge in [0, 0.05) is 23.5 Å². The van der Waals surface area contributed by atoms with Gasteiger partial charge in [-0.1, -0.05) is 49.4 Å². The maximum Gasteiger partial charge on any atom is 0.127 e. The van der Waals surface area contributed by atoms with Crippen molar-refractivity contribution in [2.75, 3.05) is 0 Å². The van der Waals surface area contributed by atoms with Gasteiger partial charge in [-0.2, -0.15) is 0 Å². The molecule has 1 saturated carbocycles. The van der Waals surface area contributed by atoms with Crippen LogP contribution in [0.25, 0.3) is 11.1 Å². The van der Waals surface area contributed by atoms with E-state index in [0.29, 0.717) is 24.5 Å². The third-order valence-electron chi connectivity index (χ3n) is 6.01. The zero-order chi connectivity index (χ0) is 18.5. The number of hydrogen-bond acceptors (Lipinski definition) is 2. The van der Waals surface area contributed by atoms with E-state index >= 15 is 0 Å². The molecule has 3 atom stereocenters. The summed E-state index contributed by atoms with van der Waals surface area (Å²) in [5, 5.41) is 0. The van der Waals surface area contributed by atoms with Crippen molar-refractivity contribution < 1.29 is 9.47 Å². The second-order valence-electron chi connectivity index (χ2n) is 7.92. The number of hydrogen-bond donors (Lipinski definition) is 0. The molecule has 1 aliphatic carbocycles. The third-order valence-corrected chi connectivity index (χ3v) is 6.01. The molecular formula is C25H24O2. The fourth-order valence-electron chi connectivity index (χ4n) is 4.45. The third kappa shape index (κ3) is 2.80. The summed E-state index contributed by atoms with van der Waals surface area (Å²) < 4.78 is 12.1. The Bertz CT molecular complexity index is 1000. The number of benzene rings is 3. The molecule has 2 heteroatoms. The van der Waals surface area contributed by atoms with Crippen molar-refractivity contribution in [1.29, 1.82) is 0 Å². The molecule has 1 fully saturated rings. The summed E-state index contributed by atoms with van der Waals surface area (Å²) >= 11 is 0. The van der Waals surface area contributed by atoms with Crippen LogP contribution in [-0.2, 0) is 6.61 Å². The molecule has 1 aliphatic heterocycles. The first-order valence-corrected chi connectivity index (χ1v) is 9.71. The van der Waals surface area contributed by atoms with Gasteiger partial charge in [0.1, 0.15) is 24.2 Å². The molecule has 136 valence electrons. The lowest BCUT2D eigenvalue weighted by atomic mass is 9.95. The van der Waals surface area contributed by atoms with Gasteiger partial charge in [0.15, 0.2) is 0 Å². The molecule has 0 aromatic heterocycles. The first-order chi connectivity index (χ1) is 13.1. The molecule has 5 rings (SSSR count). The summed E-state index contributed by atoms with van der Waals surface area (Å²) in [4.78, 5) is 0. The SMILES string of the molecule is Cc1cccc(C)c1-c1cccc(COc2ccc3c(c2)OC2C(C)C32)c1. The molecule has 0 bridgehead atoms. The summed E-state index contributed by atoms with van der Waals surface area (Å²) in [7, 11) is 0. The molecule has 0 N–H and O–H groups in total. The van der Waals surface area contributed by atoms with E-state index in [2.05, 4.69) is 75.4 Å². The first kappa shape index (κ1) is 16.4. The molecular weight excluding hydrogens is 332 g/mol. The summed E-state index contributed by atoms with van der Waals surface area (Å²) in [5.41, 5.74) is 7.69. The highest BCUT2D eigenvalue weighted by molar-refractivity contribution is 5.71. The van der Waals surface area contributed by atoms with Crippen molar-refractivity contribution in [3.8, 4) is 22.6 Å². The Balaban J connectivity index is 1.34. The van der Waals surface area contributed by atoms with Crippen LogP contribution in [-0.4, -0.2) is 6.10 Å². The maximum absolute atomic E-state index is 6.07. The van der Waals surface area contributed by atoms with Gasteiger partial charge in [0.05, 0.1) is 0 Å². The van der Waals surface area contributed by atoms with Crippen LogP contribution in [0.4, 0.5) is 0 Å². The van der Waals surface area contributed by atoms with Crippen molar-refractivity contribution in [3.63, 3.8) is 0 Å². The molecule has 3 unspecified atom stereocenters. The van der Waals surface area contributed by atoms with E-state index in [1.54, 1.807) is 0 Å². The van der Waals surface area contributed by atoms with Crippen LogP contribution >= 0.6 is 0 Å². The fraction of sp³-hybridized carbons (Fsp3) is 0.280. The zero-order valence-corrected chi connectivity index (χ0v) is 16.0. The quantitative estimate of drug-likeness (QED) is 0.567. The highest BCUT2D eigenvalue weighted by Crippen LogP contribution is 2.58. The molecule has 2 aliphatic rings. The van der Waals surface area contributed by atoms with Gasteiger partial charge in [-0.25, -0.2) is 0 Å². The first-order valence-electron chi connectivity index (χ1n) is 9.71. The van der Waals surface area contributed by atoms with Crippen LogP contribution in [0, 0.1) is 19.8 Å². The van der Waals surface area contributed by atoms with Crippen molar-refractivity contribution >= 4 is 0 Å². The second kappa shape index (κ2) is 6.16. The minimum absolute atomic E-state index is 0.393. The van der Waals surface area contributed by atoms with Gasteiger partial charge >= 0.3 is 0 Å². The monoisotopic (exact) mass is 356 g/mol. The van der Waals surface area contributed by atoms with E-state index in [1.165, 1.54) is 33.4 Å². The minimum atomic E-state index is 0.393. The summed E-state index contributed by atoms with van der Waals surface area (Å²) in [6, 6.07) is 21.4. The van der Waals surface area contributed by atoms with Crippen LogP contribution in [0.3, 0.4) is 0 Å². The Morgan fingerprint density at radius 2 is 1.70 bits per heavy atom. The molecule has 3 aromatic rings. The normalized spacial score (nSPS) is 22.0. The Morgan fingerprint density at radius 3 is 2.52 bits per heavy atom. The molecule has 0 spiro atoms. The van der Waals surface area contributed by atoms with Crippen molar-refractivity contribution in [3.05, 3.63) is 82.9 Å². The topological polar surface area (TPSA) is 18.5 Å². The molecule has 3 aromatic carbocycles. The van der Waals surface area contributed by atoms with Crippen molar-refractivity contribution in [2.24, 2.45) is 5.92 Å². The van der Waals surface area contributed by atoms with E-state index in [1.807, 2.05) is 6.07 Å². The van der Waals surface area contributed by atoms with Crippen LogP contribution in [0.5, 0.6) is 11.5 Å². The van der Waals surface area contributed by atoms with E-state index in [-0.39, 0.29) is 0 Å². The molecule has 0 saturated heterocycles. The Kier molecular flexibility index (Phi) is 3.75. The highest BCUT2D eigenvalue weighted by Gasteiger charge is 2.55. The minimum Gasteiger partial charge on any atom is -0.489 e. The second-order valence-corrected chi connectivity index (χ2v) is 7.92. The van der Waals surface area contributed by atoms with E-state index in [9.17, 15) is 0 Å². The average Bonchev–Trinajstić information content (AvgIpc) is 3.12. The predicted molar refractivity (Wildman–Crippen MR) is 108 cm³/mol. The van der Waals surface area contributed by atoms with Gasteiger partial charge in [-0.3, -0.25) is 0 Å². The Morgan fingerprint density at radius 1 is 0.926 bits per heavy atom. The van der Waals surface area contributed by atoms with Crippen LogP contribution in [0.2, 0.25) is 0 Å². The largest absolute Gasteiger partial charge is 0.489 e. The highest BCUT2D eigenvalue weighted by atomic mass is 16.5. The van der Waals surface area contributed by atoms with Crippen LogP contribution in [0.15, 0.2) is 60.7 Å². The smallest absolute Gasteiger partial charge is 0.127 e. The molecule has 27 heavy (non-hydrogen) atoms. The average molecular weight is 356 g/mol. The lowest BCUT2D eigenvalue weighted by molar-refractivity contribution is 0.288. The number of fused-ring (bicyclic) bond motifs is 3. The lowest BCUT2D eigenvalue weighted by Crippen LogP contribution is -1.99. The van der Waals surface area contributed by atoms with E-state index < -0.39 is 0 Å². The van der Waals surface area contributed by atoms with Crippen molar-refractivity contribution in [2.45, 2.75) is 39.4 Å². The standard InChI is InChI=1S/C25H24O2/c1-15-6-4-7-16(2)23(15)19-9-5-8-18(12-19)14-26-20-10-11-21-22(13-20)27-25-17(3)24(21)25/h4-13,17,24-25H,14H2,1-3H3. The van der Waals surface area contributed by atoms with E-state index in [4.69, 9.17) is 9.47 Å². The number of rotatable bonds is 4.